The van der Waals surface area contributed by atoms with Crippen LogP contribution >= 0.6 is 0 Å². The van der Waals surface area contributed by atoms with Gasteiger partial charge in [0.05, 0.1) is 13.0 Å². The molecule has 0 spiro atoms. The lowest BCUT2D eigenvalue weighted by Crippen LogP contribution is -2.14. The van der Waals surface area contributed by atoms with Crippen molar-refractivity contribution in [1.82, 2.24) is 4.57 Å². The molecule has 1 N–H and O–H groups in total. The lowest BCUT2D eigenvalue weighted by Gasteiger charge is -2.13. The molecular formula is C32H45NO5. The summed E-state index contributed by atoms with van der Waals surface area (Å²) in [5, 5.41) is 8.84. The number of ketones is 1. The predicted molar refractivity (Wildman–Crippen MR) is 153 cm³/mol. The Hall–Kier alpha value is -3.15. The fourth-order valence-electron chi connectivity index (χ4n) is 4.96. The molecule has 1 aromatic heterocycles. The molecule has 0 aliphatic heterocycles. The van der Waals surface area contributed by atoms with E-state index in [1.807, 2.05) is 38.1 Å². The van der Waals surface area contributed by atoms with Crippen LogP contribution in [0.3, 0.4) is 0 Å². The number of aliphatic carboxylic acids is 1. The predicted octanol–water partition coefficient (Wildman–Crippen LogP) is 7.46. The zero-order valence-corrected chi connectivity index (χ0v) is 23.7. The van der Waals surface area contributed by atoms with Crippen molar-refractivity contribution in [3.8, 4) is 0 Å². The first-order chi connectivity index (χ1) is 18.3. The number of unbranched alkanes of at least 4 members (excludes halogenated alkanes) is 8. The molecule has 208 valence electrons. The average Bonchev–Trinajstić information content (AvgIpc) is 3.11. The van der Waals surface area contributed by atoms with Crippen LogP contribution in [-0.4, -0.2) is 34.0 Å². The third kappa shape index (κ3) is 9.96. The van der Waals surface area contributed by atoms with E-state index in [0.717, 1.165) is 52.6 Å². The highest BCUT2D eigenvalue weighted by Crippen LogP contribution is 2.27. The second kappa shape index (κ2) is 16.6. The van der Waals surface area contributed by atoms with Crippen LogP contribution < -0.4 is 0 Å². The molecule has 0 saturated heterocycles. The number of carbonyl (C=O) groups is 3. The second-order valence-corrected chi connectivity index (χ2v) is 10.0. The second-order valence-electron chi connectivity index (χ2n) is 10.0. The highest BCUT2D eigenvalue weighted by atomic mass is 16.5. The molecule has 0 fully saturated rings. The molecule has 0 atom stereocenters. The van der Waals surface area contributed by atoms with E-state index < -0.39 is 5.97 Å². The molecule has 0 aliphatic rings. The fourth-order valence-corrected chi connectivity index (χ4v) is 4.96. The summed E-state index contributed by atoms with van der Waals surface area (Å²) in [4.78, 5) is 36.5. The van der Waals surface area contributed by atoms with Crippen molar-refractivity contribution in [2.24, 2.45) is 0 Å². The number of Topliss-reactive ketones (excluding diaryl/α,β-unsaturated/α-hetero) is 1. The first-order valence-corrected chi connectivity index (χ1v) is 14.2. The molecule has 0 amide bonds. The summed E-state index contributed by atoms with van der Waals surface area (Å²) in [6, 6.07) is 7.60. The van der Waals surface area contributed by atoms with E-state index in [1.165, 1.54) is 44.9 Å². The molecule has 0 unspecified atom stereocenters. The van der Waals surface area contributed by atoms with Crippen molar-refractivity contribution in [2.45, 2.75) is 105 Å². The van der Waals surface area contributed by atoms with E-state index in [0.29, 0.717) is 19.6 Å². The van der Waals surface area contributed by atoms with Crippen LogP contribution in [0.1, 0.15) is 116 Å². The van der Waals surface area contributed by atoms with Gasteiger partial charge >= 0.3 is 11.9 Å². The number of carboxylic acids is 1. The molecule has 1 aromatic carbocycles. The summed E-state index contributed by atoms with van der Waals surface area (Å²) < 4.78 is 7.27. The van der Waals surface area contributed by atoms with E-state index in [-0.39, 0.29) is 18.2 Å². The third-order valence-electron chi connectivity index (χ3n) is 7.04. The minimum absolute atomic E-state index is 0.116. The van der Waals surface area contributed by atoms with Gasteiger partial charge in [0.25, 0.3) is 0 Å². The molecule has 6 heteroatoms. The van der Waals surface area contributed by atoms with Crippen LogP contribution in [-0.2, 0) is 27.3 Å². The summed E-state index contributed by atoms with van der Waals surface area (Å²) in [6.07, 6.45) is 14.2. The SMILES string of the molecule is CCCCCCCCCCCC(=O)c1c(C)c(CC(=O)OCC)n(Cc2ccc(C=CC(=O)O)cc2)c1C. The molecule has 0 aliphatic carbocycles. The summed E-state index contributed by atoms with van der Waals surface area (Å²) in [6.45, 7) is 8.73. The van der Waals surface area contributed by atoms with Gasteiger partial charge in [0, 0.05) is 36.0 Å². The van der Waals surface area contributed by atoms with Gasteiger partial charge < -0.3 is 14.4 Å². The number of rotatable bonds is 18. The lowest BCUT2D eigenvalue weighted by atomic mass is 9.99. The van der Waals surface area contributed by atoms with Crippen molar-refractivity contribution < 1.29 is 24.2 Å². The maximum absolute atomic E-state index is 13.3. The van der Waals surface area contributed by atoms with Gasteiger partial charge in [0.2, 0.25) is 0 Å². The number of esters is 1. The van der Waals surface area contributed by atoms with Gasteiger partial charge in [-0.25, -0.2) is 4.79 Å². The minimum atomic E-state index is -0.990. The van der Waals surface area contributed by atoms with Gasteiger partial charge in [0.1, 0.15) is 0 Å². The smallest absolute Gasteiger partial charge is 0.328 e. The van der Waals surface area contributed by atoms with Gasteiger partial charge in [-0.05, 0) is 50.0 Å². The van der Waals surface area contributed by atoms with E-state index in [2.05, 4.69) is 11.5 Å². The molecule has 1 heterocycles. The zero-order valence-electron chi connectivity index (χ0n) is 23.7. The Morgan fingerprint density at radius 1 is 0.895 bits per heavy atom. The first-order valence-electron chi connectivity index (χ1n) is 14.2. The molecule has 2 aromatic rings. The average molecular weight is 524 g/mol. The van der Waals surface area contributed by atoms with Gasteiger partial charge in [-0.1, -0.05) is 82.6 Å². The van der Waals surface area contributed by atoms with Crippen molar-refractivity contribution in [3.05, 3.63) is 64.0 Å². The number of benzene rings is 1. The van der Waals surface area contributed by atoms with Crippen LogP contribution in [0.15, 0.2) is 30.3 Å². The van der Waals surface area contributed by atoms with Crippen LogP contribution in [0.5, 0.6) is 0 Å². The van der Waals surface area contributed by atoms with Crippen molar-refractivity contribution in [2.75, 3.05) is 6.61 Å². The van der Waals surface area contributed by atoms with E-state index in [1.54, 1.807) is 13.0 Å². The highest BCUT2D eigenvalue weighted by Gasteiger charge is 2.24. The Balaban J connectivity index is 2.13. The molecule has 2 rings (SSSR count). The summed E-state index contributed by atoms with van der Waals surface area (Å²) in [5.74, 6) is -1.15. The Bertz CT molecular complexity index is 1080. The molecule has 0 radical (unpaired) electrons. The topological polar surface area (TPSA) is 85.6 Å². The first kappa shape index (κ1) is 31.1. The molecule has 0 saturated carbocycles. The number of hydrogen-bond acceptors (Lipinski definition) is 4. The van der Waals surface area contributed by atoms with Gasteiger partial charge in [-0.3, -0.25) is 9.59 Å². The Morgan fingerprint density at radius 3 is 2.08 bits per heavy atom. The fraction of sp³-hybridized carbons (Fsp3) is 0.531. The van der Waals surface area contributed by atoms with E-state index in [9.17, 15) is 14.4 Å². The third-order valence-corrected chi connectivity index (χ3v) is 7.04. The van der Waals surface area contributed by atoms with Crippen LogP contribution in [0.4, 0.5) is 0 Å². The number of aromatic nitrogens is 1. The largest absolute Gasteiger partial charge is 0.478 e. The molecule has 38 heavy (non-hydrogen) atoms. The Morgan fingerprint density at radius 2 is 1.50 bits per heavy atom. The van der Waals surface area contributed by atoms with Crippen LogP contribution in [0, 0.1) is 13.8 Å². The van der Waals surface area contributed by atoms with Crippen LogP contribution in [0.25, 0.3) is 6.08 Å². The van der Waals surface area contributed by atoms with Crippen LogP contribution in [0.2, 0.25) is 0 Å². The van der Waals surface area contributed by atoms with Gasteiger partial charge in [-0.15, -0.1) is 0 Å². The maximum atomic E-state index is 13.3. The number of carboxylic acid groups (broad SMARTS) is 1. The molecule has 0 bridgehead atoms. The minimum Gasteiger partial charge on any atom is -0.478 e. The lowest BCUT2D eigenvalue weighted by molar-refractivity contribution is -0.142. The summed E-state index contributed by atoms with van der Waals surface area (Å²) in [5.41, 5.74) is 5.06. The Kier molecular flexibility index (Phi) is 13.6. The van der Waals surface area contributed by atoms with E-state index >= 15 is 0 Å². The molecule has 6 nitrogen and oxygen atoms in total. The molecular weight excluding hydrogens is 478 g/mol. The number of hydrogen-bond donors (Lipinski definition) is 1. The van der Waals surface area contributed by atoms with Gasteiger partial charge in [-0.2, -0.15) is 0 Å². The normalized spacial score (nSPS) is 11.3. The van der Waals surface area contributed by atoms with Crippen molar-refractivity contribution in [3.63, 3.8) is 0 Å². The Labute approximate surface area is 228 Å². The standard InChI is InChI=1S/C32H45NO5/c1-5-7-8-9-10-11-12-13-14-15-29(34)32-24(3)28(22-31(37)38-6-2)33(25(32)4)23-27-18-16-26(17-19-27)20-21-30(35)36/h16-21H,5-15,22-23H2,1-4H3,(H,35,36). The number of carbonyl (C=O) groups excluding carboxylic acids is 2. The monoisotopic (exact) mass is 523 g/mol. The number of nitrogens with zero attached hydrogens (tertiary/aromatic N) is 1. The summed E-state index contributed by atoms with van der Waals surface area (Å²) >= 11 is 0. The van der Waals surface area contributed by atoms with Gasteiger partial charge in [0.15, 0.2) is 5.78 Å². The number of ether oxygens (including phenoxy) is 1. The van der Waals surface area contributed by atoms with E-state index in [4.69, 9.17) is 9.84 Å². The zero-order chi connectivity index (χ0) is 27.9. The summed E-state index contributed by atoms with van der Waals surface area (Å²) in [7, 11) is 0. The van der Waals surface area contributed by atoms with Crippen molar-refractivity contribution >= 4 is 23.8 Å². The van der Waals surface area contributed by atoms with Crippen molar-refractivity contribution in [1.29, 1.82) is 0 Å². The highest BCUT2D eigenvalue weighted by molar-refractivity contribution is 5.99. The quantitative estimate of drug-likeness (QED) is 0.0948. The maximum Gasteiger partial charge on any atom is 0.328 e.